The molecule has 0 aromatic heterocycles. The smallest absolute Gasteiger partial charge is 0.269 e. The molecule has 0 saturated carbocycles. The van der Waals surface area contributed by atoms with Gasteiger partial charge in [0.25, 0.3) is 5.69 Å². The first-order valence-electron chi connectivity index (χ1n) is 7.47. The molecule has 0 fully saturated rings. The third-order valence-electron chi connectivity index (χ3n) is 3.39. The molecular formula is C17H18N2O5S. The van der Waals surface area contributed by atoms with Crippen LogP contribution in [0, 0.1) is 10.1 Å². The number of nitrogens with one attached hydrogen (secondary N) is 1. The van der Waals surface area contributed by atoms with Crippen LogP contribution in [0.2, 0.25) is 0 Å². The quantitative estimate of drug-likeness (QED) is 0.442. The lowest BCUT2D eigenvalue weighted by Gasteiger charge is -2.05. The summed E-state index contributed by atoms with van der Waals surface area (Å²) >= 11 is 0. The van der Waals surface area contributed by atoms with Gasteiger partial charge in [0.2, 0.25) is 10.0 Å². The summed E-state index contributed by atoms with van der Waals surface area (Å²) in [6.07, 6.45) is 4.26. The standard InChI is InChI=1S/C17H18N2O5S/c1-24-16-9-5-14(6-10-16)4-2-3-13-18-25(22,23)17-11-7-15(8-12-17)19(20)21/h2,4-12,18H,3,13H2,1H3/b4-2+. The van der Waals surface area contributed by atoms with Gasteiger partial charge in [0, 0.05) is 18.7 Å². The zero-order valence-corrected chi connectivity index (χ0v) is 14.4. The molecule has 25 heavy (non-hydrogen) atoms. The number of sulfonamides is 1. The van der Waals surface area contributed by atoms with E-state index < -0.39 is 14.9 Å². The van der Waals surface area contributed by atoms with Gasteiger partial charge in [0.05, 0.1) is 16.9 Å². The maximum Gasteiger partial charge on any atom is 0.269 e. The topological polar surface area (TPSA) is 98.5 Å². The molecule has 0 heterocycles. The van der Waals surface area contributed by atoms with Crippen LogP contribution in [0.5, 0.6) is 5.75 Å². The normalized spacial score (nSPS) is 11.6. The van der Waals surface area contributed by atoms with E-state index in [1.54, 1.807) is 7.11 Å². The van der Waals surface area contributed by atoms with Gasteiger partial charge in [-0.05, 0) is 36.2 Å². The highest BCUT2D eigenvalue weighted by molar-refractivity contribution is 7.89. The second-order valence-corrected chi connectivity index (χ2v) is 6.88. The molecule has 2 rings (SSSR count). The van der Waals surface area contributed by atoms with Gasteiger partial charge >= 0.3 is 0 Å². The first kappa shape index (κ1) is 18.6. The number of ether oxygens (including phenoxy) is 1. The first-order chi connectivity index (χ1) is 11.9. The summed E-state index contributed by atoms with van der Waals surface area (Å²) < 4.78 is 31.7. The molecule has 0 atom stereocenters. The van der Waals surface area contributed by atoms with Crippen LogP contribution in [0.4, 0.5) is 5.69 Å². The van der Waals surface area contributed by atoms with Crippen molar-refractivity contribution in [2.75, 3.05) is 13.7 Å². The van der Waals surface area contributed by atoms with Crippen LogP contribution in [-0.4, -0.2) is 27.0 Å². The van der Waals surface area contributed by atoms with Gasteiger partial charge in [0.15, 0.2) is 0 Å². The van der Waals surface area contributed by atoms with Crippen LogP contribution in [0.1, 0.15) is 12.0 Å². The van der Waals surface area contributed by atoms with Crippen LogP contribution in [0.25, 0.3) is 6.08 Å². The average Bonchev–Trinajstić information content (AvgIpc) is 2.62. The van der Waals surface area contributed by atoms with Gasteiger partial charge in [-0.25, -0.2) is 13.1 Å². The number of nitro benzene ring substituents is 1. The Bertz CT molecular complexity index is 844. The summed E-state index contributed by atoms with van der Waals surface area (Å²) in [4.78, 5) is 10.0. The van der Waals surface area contributed by atoms with Crippen molar-refractivity contribution in [3.63, 3.8) is 0 Å². The van der Waals surface area contributed by atoms with E-state index in [1.807, 2.05) is 36.4 Å². The lowest BCUT2D eigenvalue weighted by molar-refractivity contribution is -0.384. The fourth-order valence-electron chi connectivity index (χ4n) is 2.04. The highest BCUT2D eigenvalue weighted by atomic mass is 32.2. The van der Waals surface area contributed by atoms with Crippen molar-refractivity contribution in [3.05, 3.63) is 70.3 Å². The van der Waals surface area contributed by atoms with Crippen LogP contribution in [0.15, 0.2) is 59.5 Å². The highest BCUT2D eigenvalue weighted by Crippen LogP contribution is 2.16. The zero-order chi connectivity index (χ0) is 18.3. The fraction of sp³-hybridized carbons (Fsp3) is 0.176. The Labute approximate surface area is 146 Å². The molecule has 132 valence electrons. The van der Waals surface area contributed by atoms with Gasteiger partial charge in [-0.1, -0.05) is 24.3 Å². The molecule has 0 spiro atoms. The van der Waals surface area contributed by atoms with Crippen molar-refractivity contribution in [3.8, 4) is 5.75 Å². The maximum atomic E-state index is 12.1. The predicted molar refractivity (Wildman–Crippen MR) is 94.9 cm³/mol. The average molecular weight is 362 g/mol. The summed E-state index contributed by atoms with van der Waals surface area (Å²) in [5.74, 6) is 0.771. The van der Waals surface area contributed by atoms with Crippen LogP contribution >= 0.6 is 0 Å². The molecule has 0 amide bonds. The molecule has 0 saturated heterocycles. The van der Waals surface area contributed by atoms with E-state index in [0.717, 1.165) is 23.4 Å². The number of hydrogen-bond donors (Lipinski definition) is 1. The zero-order valence-electron chi connectivity index (χ0n) is 13.6. The SMILES string of the molecule is COc1ccc(/C=C/CCNS(=O)(=O)c2ccc([N+](=O)[O-])cc2)cc1. The number of methoxy groups -OCH3 is 1. The van der Waals surface area contributed by atoms with Crippen LogP contribution in [-0.2, 0) is 10.0 Å². The predicted octanol–water partition coefficient (Wildman–Crippen LogP) is 2.99. The van der Waals surface area contributed by atoms with Crippen molar-refractivity contribution in [2.45, 2.75) is 11.3 Å². The van der Waals surface area contributed by atoms with E-state index in [4.69, 9.17) is 4.74 Å². The molecule has 1 N–H and O–H groups in total. The molecule has 2 aromatic rings. The Kier molecular flexibility index (Phi) is 6.26. The molecular weight excluding hydrogens is 344 g/mol. The Balaban J connectivity index is 1.87. The van der Waals surface area contributed by atoms with Crippen molar-refractivity contribution in [2.24, 2.45) is 0 Å². The van der Waals surface area contributed by atoms with E-state index in [9.17, 15) is 18.5 Å². The third-order valence-corrected chi connectivity index (χ3v) is 4.86. The van der Waals surface area contributed by atoms with Crippen molar-refractivity contribution < 1.29 is 18.1 Å². The number of nitrogens with zero attached hydrogens (tertiary/aromatic N) is 1. The van der Waals surface area contributed by atoms with Gasteiger partial charge in [0.1, 0.15) is 5.75 Å². The van der Waals surface area contributed by atoms with Gasteiger partial charge in [-0.2, -0.15) is 0 Å². The Hall–Kier alpha value is -2.71. The molecule has 2 aromatic carbocycles. The van der Waals surface area contributed by atoms with E-state index in [-0.39, 0.29) is 17.1 Å². The van der Waals surface area contributed by atoms with Crippen molar-refractivity contribution in [1.82, 2.24) is 4.72 Å². The molecule has 7 nitrogen and oxygen atoms in total. The third kappa shape index (κ3) is 5.40. The highest BCUT2D eigenvalue weighted by Gasteiger charge is 2.14. The molecule has 0 aliphatic heterocycles. The molecule has 0 radical (unpaired) electrons. The fourth-order valence-corrected chi connectivity index (χ4v) is 3.09. The van der Waals surface area contributed by atoms with Gasteiger partial charge in [-0.15, -0.1) is 0 Å². The molecule has 0 aliphatic rings. The maximum absolute atomic E-state index is 12.1. The number of non-ortho nitro benzene ring substituents is 1. The largest absolute Gasteiger partial charge is 0.497 e. The summed E-state index contributed by atoms with van der Waals surface area (Å²) in [7, 11) is -2.08. The van der Waals surface area contributed by atoms with Crippen molar-refractivity contribution in [1.29, 1.82) is 0 Å². The van der Waals surface area contributed by atoms with Gasteiger partial charge < -0.3 is 4.74 Å². The second kappa shape index (κ2) is 8.41. The first-order valence-corrected chi connectivity index (χ1v) is 8.95. The van der Waals surface area contributed by atoms with Gasteiger partial charge in [-0.3, -0.25) is 10.1 Å². The Morgan fingerprint density at radius 2 is 1.76 bits per heavy atom. The van der Waals surface area contributed by atoms with E-state index >= 15 is 0 Å². The van der Waals surface area contributed by atoms with E-state index in [0.29, 0.717) is 6.42 Å². The number of benzene rings is 2. The molecule has 0 unspecified atom stereocenters. The molecule has 8 heteroatoms. The number of rotatable bonds is 8. The van der Waals surface area contributed by atoms with E-state index in [1.165, 1.54) is 12.1 Å². The van der Waals surface area contributed by atoms with Crippen LogP contribution in [0.3, 0.4) is 0 Å². The Morgan fingerprint density at radius 1 is 1.12 bits per heavy atom. The Morgan fingerprint density at radius 3 is 2.32 bits per heavy atom. The molecule has 0 aliphatic carbocycles. The van der Waals surface area contributed by atoms with E-state index in [2.05, 4.69) is 4.72 Å². The number of hydrogen-bond acceptors (Lipinski definition) is 5. The summed E-state index contributed by atoms with van der Waals surface area (Å²) in [6.45, 7) is 0.228. The lowest BCUT2D eigenvalue weighted by atomic mass is 10.2. The monoisotopic (exact) mass is 362 g/mol. The second-order valence-electron chi connectivity index (χ2n) is 5.11. The summed E-state index contributed by atoms with van der Waals surface area (Å²) in [5.41, 5.74) is 0.834. The minimum atomic E-state index is -3.68. The summed E-state index contributed by atoms with van der Waals surface area (Å²) in [6, 6.07) is 12.2. The van der Waals surface area contributed by atoms with Crippen molar-refractivity contribution >= 4 is 21.8 Å². The lowest BCUT2D eigenvalue weighted by Crippen LogP contribution is -2.24. The molecule has 0 bridgehead atoms. The van der Waals surface area contributed by atoms with Crippen LogP contribution < -0.4 is 9.46 Å². The minimum absolute atomic E-state index is 0.00256. The number of nitro groups is 1. The minimum Gasteiger partial charge on any atom is -0.497 e. The summed E-state index contributed by atoms with van der Waals surface area (Å²) in [5, 5.41) is 10.6.